The predicted molar refractivity (Wildman–Crippen MR) is 189 cm³/mol. The lowest BCUT2D eigenvalue weighted by molar-refractivity contribution is 0.135. The topological polar surface area (TPSA) is 21.3 Å². The van der Waals surface area contributed by atoms with Gasteiger partial charge in [0.1, 0.15) is 0 Å². The molecular formula is C40H59NO. The van der Waals surface area contributed by atoms with Gasteiger partial charge in [-0.3, -0.25) is 0 Å². The van der Waals surface area contributed by atoms with E-state index in [2.05, 4.69) is 122 Å². The fraction of sp³-hybridized carbons (Fsp3) is 0.400. The van der Waals surface area contributed by atoms with Gasteiger partial charge in [0.2, 0.25) is 0 Å². The van der Waals surface area contributed by atoms with Crippen LogP contribution in [0.4, 0.5) is 0 Å². The van der Waals surface area contributed by atoms with E-state index >= 15 is 0 Å². The Balaban J connectivity index is 0.000000972. The van der Waals surface area contributed by atoms with Crippen LogP contribution in [0.25, 0.3) is 0 Å². The van der Waals surface area contributed by atoms with Crippen molar-refractivity contribution in [3.8, 4) is 0 Å². The minimum absolute atomic E-state index is 0.234. The predicted octanol–water partition coefficient (Wildman–Crippen LogP) is 11.7. The number of nitrogens with one attached hydrogen (secondary N) is 1. The third-order valence-electron chi connectivity index (χ3n) is 6.84. The van der Waals surface area contributed by atoms with Crippen molar-refractivity contribution in [2.45, 2.75) is 94.0 Å². The number of hydrogen-bond donors (Lipinski definition) is 1. The Morgan fingerprint density at radius 1 is 0.810 bits per heavy atom. The average Bonchev–Trinajstić information content (AvgIpc) is 2.97. The first-order valence-electron chi connectivity index (χ1n) is 15.5. The maximum absolute atomic E-state index is 5.13. The quantitative estimate of drug-likeness (QED) is 0.180. The molecule has 0 saturated carbocycles. The first-order valence-corrected chi connectivity index (χ1v) is 15.5. The number of aryl methyl sites for hydroxylation is 2. The molecule has 230 valence electrons. The van der Waals surface area contributed by atoms with Crippen LogP contribution in [0.15, 0.2) is 126 Å². The van der Waals surface area contributed by atoms with Crippen molar-refractivity contribution in [2.75, 3.05) is 13.2 Å². The molecule has 1 atom stereocenters. The van der Waals surface area contributed by atoms with E-state index in [4.69, 9.17) is 4.74 Å². The maximum Gasteiger partial charge on any atom is 0.0516 e. The summed E-state index contributed by atoms with van der Waals surface area (Å²) in [5.74, 6) is 0. The van der Waals surface area contributed by atoms with Gasteiger partial charge in [0.25, 0.3) is 0 Å². The number of ether oxygens (including phenoxy) is 1. The molecule has 2 heteroatoms. The molecule has 0 amide bonds. The molecule has 0 radical (unpaired) electrons. The van der Waals surface area contributed by atoms with Gasteiger partial charge in [-0.2, -0.15) is 0 Å². The first-order chi connectivity index (χ1) is 20.1. The molecule has 2 aromatic carbocycles. The van der Waals surface area contributed by atoms with Crippen molar-refractivity contribution in [1.29, 1.82) is 0 Å². The number of allylic oxidation sites excluding steroid dienone is 7. The summed E-state index contributed by atoms with van der Waals surface area (Å²) in [5.41, 5.74) is 10.5. The van der Waals surface area contributed by atoms with Gasteiger partial charge in [-0.1, -0.05) is 131 Å². The zero-order chi connectivity index (χ0) is 31.9. The van der Waals surface area contributed by atoms with Crippen molar-refractivity contribution < 1.29 is 4.74 Å². The summed E-state index contributed by atoms with van der Waals surface area (Å²) >= 11 is 0. The number of hydrogen-bond acceptors (Lipinski definition) is 2. The third kappa shape index (κ3) is 15.0. The first kappa shape index (κ1) is 38.6. The van der Waals surface area contributed by atoms with Crippen LogP contribution >= 0.6 is 0 Å². The van der Waals surface area contributed by atoms with Crippen LogP contribution in [-0.4, -0.2) is 13.2 Å². The zero-order valence-electron chi connectivity index (χ0n) is 28.3. The Hall–Kier alpha value is -3.36. The zero-order valence-corrected chi connectivity index (χ0v) is 28.3. The van der Waals surface area contributed by atoms with E-state index in [9.17, 15) is 0 Å². The molecular weight excluding hydrogens is 510 g/mol. The second kappa shape index (κ2) is 23.2. The van der Waals surface area contributed by atoms with Crippen molar-refractivity contribution in [1.82, 2.24) is 5.32 Å². The van der Waals surface area contributed by atoms with Crippen LogP contribution in [-0.2, 0) is 4.74 Å². The maximum atomic E-state index is 5.13. The summed E-state index contributed by atoms with van der Waals surface area (Å²) in [6, 6.07) is 19.1. The normalized spacial score (nSPS) is 12.5. The summed E-state index contributed by atoms with van der Waals surface area (Å²) in [5, 5.41) is 3.68. The Morgan fingerprint density at radius 2 is 1.38 bits per heavy atom. The highest BCUT2D eigenvalue weighted by atomic mass is 16.5. The molecule has 0 spiro atoms. The SMILES string of the molecule is C=C\C(C(=C)NC(CCC)c1ccccc1C)=C(C)/C(/C=C\C)=C(\C)C(=C)C.CCCOCCC.Cc1ccccc1. The Morgan fingerprint density at radius 3 is 1.81 bits per heavy atom. The van der Waals surface area contributed by atoms with Gasteiger partial charge < -0.3 is 10.1 Å². The molecule has 0 aliphatic rings. The second-order valence-corrected chi connectivity index (χ2v) is 10.6. The lowest BCUT2D eigenvalue weighted by Gasteiger charge is -2.25. The summed E-state index contributed by atoms with van der Waals surface area (Å²) in [6.07, 6.45) is 10.5. The molecule has 42 heavy (non-hydrogen) atoms. The van der Waals surface area contributed by atoms with Crippen molar-refractivity contribution in [2.24, 2.45) is 0 Å². The highest BCUT2D eigenvalue weighted by Crippen LogP contribution is 2.29. The third-order valence-corrected chi connectivity index (χ3v) is 6.84. The number of rotatable bonds is 14. The summed E-state index contributed by atoms with van der Waals surface area (Å²) < 4.78 is 5.13. The lowest BCUT2D eigenvalue weighted by atomic mass is 9.92. The van der Waals surface area contributed by atoms with Gasteiger partial charge in [-0.15, -0.1) is 0 Å². The Labute approximate surface area is 259 Å². The Kier molecular flexibility index (Phi) is 21.4. The molecule has 1 N–H and O–H groups in total. The summed E-state index contributed by atoms with van der Waals surface area (Å²) in [6.45, 7) is 33.4. The van der Waals surface area contributed by atoms with Gasteiger partial charge in [0.15, 0.2) is 0 Å². The fourth-order valence-corrected chi connectivity index (χ4v) is 4.36. The Bertz CT molecular complexity index is 1160. The molecule has 0 fully saturated rings. The number of benzene rings is 2. The molecule has 0 aliphatic carbocycles. The highest BCUT2D eigenvalue weighted by Gasteiger charge is 2.16. The van der Waals surface area contributed by atoms with Crippen LogP contribution < -0.4 is 5.32 Å². The van der Waals surface area contributed by atoms with Crippen LogP contribution in [0.3, 0.4) is 0 Å². The van der Waals surface area contributed by atoms with Crippen molar-refractivity contribution in [3.63, 3.8) is 0 Å². The summed E-state index contributed by atoms with van der Waals surface area (Å²) in [7, 11) is 0. The molecule has 2 aromatic rings. The van der Waals surface area contributed by atoms with Crippen LogP contribution in [0.5, 0.6) is 0 Å². The fourth-order valence-electron chi connectivity index (χ4n) is 4.36. The summed E-state index contributed by atoms with van der Waals surface area (Å²) in [4.78, 5) is 0. The molecule has 0 aliphatic heterocycles. The average molecular weight is 570 g/mol. The van der Waals surface area contributed by atoms with Crippen molar-refractivity contribution in [3.05, 3.63) is 143 Å². The van der Waals surface area contributed by atoms with E-state index in [-0.39, 0.29) is 6.04 Å². The standard InChI is InChI=1S/C27H37N.C7H8.C6H14O/c1-10-15-26(21(7)19(4)5)22(8)24(12-3)23(9)28-27(16-11-2)25-18-14-13-17-20(25)6;1-7-5-3-2-4-6-7;1-3-5-7-6-4-2/h10,12-15,17-18,27-28H,3-4,9,11,16H2,1-2,5-8H3;2-6H,1H3;3-6H2,1-2H3/b15-10-,24-22+,26-21+;;. The van der Waals surface area contributed by atoms with Gasteiger partial charge in [-0.25, -0.2) is 0 Å². The molecule has 0 saturated heterocycles. The van der Waals surface area contributed by atoms with E-state index in [1.54, 1.807) is 0 Å². The van der Waals surface area contributed by atoms with Gasteiger partial charge >= 0.3 is 0 Å². The van der Waals surface area contributed by atoms with E-state index in [1.165, 1.54) is 27.8 Å². The molecule has 0 bridgehead atoms. The van der Waals surface area contributed by atoms with E-state index < -0.39 is 0 Å². The molecule has 1 unspecified atom stereocenters. The van der Waals surface area contributed by atoms with Gasteiger partial charge in [-0.05, 0) is 94.2 Å². The van der Waals surface area contributed by atoms with Crippen LogP contribution in [0.1, 0.15) is 96.9 Å². The van der Waals surface area contributed by atoms with Crippen molar-refractivity contribution >= 4 is 0 Å². The van der Waals surface area contributed by atoms with Gasteiger partial charge in [0, 0.05) is 18.9 Å². The van der Waals surface area contributed by atoms with E-state index in [0.717, 1.165) is 61.3 Å². The smallest absolute Gasteiger partial charge is 0.0516 e. The molecule has 2 nitrogen and oxygen atoms in total. The van der Waals surface area contributed by atoms with Crippen LogP contribution in [0, 0.1) is 13.8 Å². The minimum Gasteiger partial charge on any atom is -0.381 e. The molecule has 0 aromatic heterocycles. The lowest BCUT2D eigenvalue weighted by Crippen LogP contribution is -2.22. The highest BCUT2D eigenvalue weighted by molar-refractivity contribution is 5.55. The van der Waals surface area contributed by atoms with E-state index in [1.807, 2.05) is 38.1 Å². The minimum atomic E-state index is 0.234. The van der Waals surface area contributed by atoms with Crippen LogP contribution in [0.2, 0.25) is 0 Å². The second-order valence-electron chi connectivity index (χ2n) is 10.6. The van der Waals surface area contributed by atoms with E-state index in [0.29, 0.717) is 0 Å². The largest absolute Gasteiger partial charge is 0.381 e. The molecule has 2 rings (SSSR count). The molecule has 0 heterocycles. The monoisotopic (exact) mass is 569 g/mol. The van der Waals surface area contributed by atoms with Gasteiger partial charge in [0.05, 0.1) is 6.04 Å².